The lowest BCUT2D eigenvalue weighted by molar-refractivity contribution is 0.0422. The largest absolute Gasteiger partial charge is 0.462 e. The summed E-state index contributed by atoms with van der Waals surface area (Å²) in [5, 5.41) is 0. The Kier molecular flexibility index (Phi) is 5.73. The third-order valence-corrected chi connectivity index (χ3v) is 6.83. The van der Waals surface area contributed by atoms with Gasteiger partial charge in [0, 0.05) is 6.20 Å². The lowest BCUT2D eigenvalue weighted by Crippen LogP contribution is -2.42. The van der Waals surface area contributed by atoms with Crippen LogP contribution in [0.3, 0.4) is 0 Å². The van der Waals surface area contributed by atoms with Gasteiger partial charge in [0.2, 0.25) is 6.79 Å². The first-order valence-electron chi connectivity index (χ1n) is 12.0. The van der Waals surface area contributed by atoms with E-state index in [4.69, 9.17) is 19.4 Å². The van der Waals surface area contributed by atoms with Crippen molar-refractivity contribution in [1.29, 1.82) is 0 Å². The Hall–Kier alpha value is -3.64. The summed E-state index contributed by atoms with van der Waals surface area (Å²) in [4.78, 5) is 15.8. The van der Waals surface area contributed by atoms with Crippen LogP contribution in [0.4, 0.5) is 0 Å². The van der Waals surface area contributed by atoms with Crippen LogP contribution in [-0.2, 0) is 28.9 Å². The summed E-state index contributed by atoms with van der Waals surface area (Å²) in [6.45, 7) is 0.923. The van der Waals surface area contributed by atoms with Crippen molar-refractivity contribution >= 4 is 11.0 Å². The monoisotopic (exact) mass is 452 g/mol. The number of ether oxygens (including phenoxy) is 2. The fourth-order valence-electron chi connectivity index (χ4n) is 5.24. The maximum absolute atomic E-state index is 5.99. The summed E-state index contributed by atoms with van der Waals surface area (Å²) in [7, 11) is 0. The predicted molar refractivity (Wildman–Crippen MR) is 131 cm³/mol. The van der Waals surface area contributed by atoms with Crippen molar-refractivity contribution in [1.82, 2.24) is 19.9 Å². The molecule has 0 saturated carbocycles. The first-order chi connectivity index (χ1) is 16.8. The van der Waals surface area contributed by atoms with Gasteiger partial charge in [-0.2, -0.15) is 0 Å². The molecule has 172 valence electrons. The maximum Gasteiger partial charge on any atom is 0.229 e. The molecule has 2 unspecified atom stereocenters. The number of benzene rings is 2. The van der Waals surface area contributed by atoms with E-state index >= 15 is 0 Å². The van der Waals surface area contributed by atoms with E-state index in [-0.39, 0.29) is 18.9 Å². The lowest BCUT2D eigenvalue weighted by atomic mass is 9.89. The molecule has 1 aliphatic carbocycles. The van der Waals surface area contributed by atoms with Crippen molar-refractivity contribution in [2.75, 3.05) is 6.79 Å². The van der Waals surface area contributed by atoms with Crippen molar-refractivity contribution in [3.8, 4) is 0 Å². The van der Waals surface area contributed by atoms with Crippen LogP contribution in [-0.4, -0.2) is 32.7 Å². The molecule has 2 aromatic carbocycles. The number of aromatic nitrogens is 3. The van der Waals surface area contributed by atoms with Crippen LogP contribution in [0.1, 0.15) is 41.5 Å². The second-order valence-electron chi connectivity index (χ2n) is 8.98. The van der Waals surface area contributed by atoms with Crippen molar-refractivity contribution in [2.45, 2.75) is 44.3 Å². The Balaban J connectivity index is 1.43. The molecule has 2 aromatic heterocycles. The average molecular weight is 453 g/mol. The number of rotatable bonds is 7. The summed E-state index contributed by atoms with van der Waals surface area (Å²) in [5.41, 5.74) is 5.81. The van der Waals surface area contributed by atoms with Crippen molar-refractivity contribution < 1.29 is 9.47 Å². The Morgan fingerprint density at radius 3 is 2.76 bits per heavy atom. The summed E-state index contributed by atoms with van der Waals surface area (Å²) in [6.07, 6.45) is 7.76. The van der Waals surface area contributed by atoms with Crippen molar-refractivity contribution in [2.24, 2.45) is 0 Å². The van der Waals surface area contributed by atoms with Crippen LogP contribution in [0.15, 0.2) is 84.9 Å². The van der Waals surface area contributed by atoms with Crippen molar-refractivity contribution in [3.63, 3.8) is 0 Å². The van der Waals surface area contributed by atoms with Gasteiger partial charge >= 0.3 is 0 Å². The molecule has 1 aliphatic heterocycles. The van der Waals surface area contributed by atoms with E-state index in [1.54, 1.807) is 6.26 Å². The number of pyridine rings is 1. The number of hydrogen-bond acceptors (Lipinski definition) is 5. The van der Waals surface area contributed by atoms with Gasteiger partial charge in [-0.05, 0) is 55.0 Å². The molecule has 4 aromatic rings. The number of nitrogens with zero attached hydrogens (tertiary/aromatic N) is 3. The molecule has 0 spiro atoms. The second-order valence-corrected chi connectivity index (χ2v) is 8.98. The Morgan fingerprint density at radius 2 is 1.91 bits per heavy atom. The predicted octanol–water partition coefficient (Wildman–Crippen LogP) is 5.29. The molecule has 0 radical (unpaired) electrons. The smallest absolute Gasteiger partial charge is 0.229 e. The molecule has 6 heteroatoms. The number of nitrogens with one attached hydrogen (secondary N) is 1. The minimum Gasteiger partial charge on any atom is -0.462 e. The van der Waals surface area contributed by atoms with Gasteiger partial charge in [-0.1, -0.05) is 48.5 Å². The molecule has 6 rings (SSSR count). The molecule has 2 aliphatic rings. The van der Waals surface area contributed by atoms with Gasteiger partial charge in [0.1, 0.15) is 12.1 Å². The molecule has 0 saturated heterocycles. The summed E-state index contributed by atoms with van der Waals surface area (Å²) < 4.78 is 11.5. The van der Waals surface area contributed by atoms with Crippen LogP contribution < -0.4 is 0 Å². The highest BCUT2D eigenvalue weighted by atomic mass is 16.7. The van der Waals surface area contributed by atoms with E-state index in [0.29, 0.717) is 6.54 Å². The highest BCUT2D eigenvalue weighted by Gasteiger charge is 2.36. The zero-order valence-corrected chi connectivity index (χ0v) is 19.1. The van der Waals surface area contributed by atoms with Crippen LogP contribution in [0.2, 0.25) is 0 Å². The van der Waals surface area contributed by atoms with Gasteiger partial charge in [-0.25, -0.2) is 4.98 Å². The molecule has 2 atom stereocenters. The third-order valence-electron chi connectivity index (χ3n) is 6.83. The zero-order valence-electron chi connectivity index (χ0n) is 19.1. The highest BCUT2D eigenvalue weighted by Crippen LogP contribution is 2.37. The van der Waals surface area contributed by atoms with E-state index in [1.807, 2.05) is 24.4 Å². The minimum atomic E-state index is -0.00364. The maximum atomic E-state index is 5.99. The Bertz CT molecular complexity index is 1270. The fourth-order valence-corrected chi connectivity index (χ4v) is 5.24. The van der Waals surface area contributed by atoms with E-state index in [1.165, 1.54) is 16.8 Å². The molecular formula is C28H28N4O2. The van der Waals surface area contributed by atoms with E-state index in [9.17, 15) is 0 Å². The molecule has 0 amide bonds. The fraction of sp³-hybridized carbons (Fsp3) is 0.286. The second kappa shape index (κ2) is 9.31. The number of fused-ring (bicyclic) bond motifs is 2. The van der Waals surface area contributed by atoms with Crippen molar-refractivity contribution in [3.05, 3.63) is 108 Å². The van der Waals surface area contributed by atoms with Gasteiger partial charge < -0.3 is 14.5 Å². The standard InChI is InChI=1S/C28H28N4O2/c1-2-8-20(9-3-1)16-25(26-18-33-19-34-26)32(17-27-30-22-12-4-5-13-23(22)31-27)24-14-6-10-21-11-7-15-29-28(21)24/h1-5,7-9,11-13,15,18,24-25H,6,10,14,16-17,19H2,(H,30,31). The van der Waals surface area contributed by atoms with Gasteiger partial charge in [-0.15, -0.1) is 0 Å². The topological polar surface area (TPSA) is 63.3 Å². The van der Waals surface area contributed by atoms with Crippen LogP contribution in [0, 0.1) is 0 Å². The van der Waals surface area contributed by atoms with Gasteiger partial charge in [0.15, 0.2) is 5.76 Å². The van der Waals surface area contributed by atoms with Gasteiger partial charge in [0.05, 0.1) is 35.4 Å². The molecule has 3 heterocycles. The minimum absolute atomic E-state index is 0.00364. The SMILES string of the molecule is C1=C(C(Cc2ccccc2)N(Cc2nc3ccccc3[nH]2)C2CCCc3cccnc32)OCO1. The first-order valence-corrected chi connectivity index (χ1v) is 12.0. The van der Waals surface area contributed by atoms with E-state index in [2.05, 4.69) is 58.4 Å². The highest BCUT2D eigenvalue weighted by molar-refractivity contribution is 5.74. The summed E-state index contributed by atoms with van der Waals surface area (Å²) in [6, 6.07) is 23.2. The number of aromatic amines is 1. The molecule has 1 N–H and O–H groups in total. The summed E-state index contributed by atoms with van der Waals surface area (Å²) in [5.74, 6) is 1.81. The third kappa shape index (κ3) is 4.17. The molecular weight excluding hydrogens is 424 g/mol. The molecule has 34 heavy (non-hydrogen) atoms. The normalized spacial score (nSPS) is 18.3. The molecule has 0 bridgehead atoms. The first kappa shape index (κ1) is 20.9. The van der Waals surface area contributed by atoms with Crippen LogP contribution in [0.5, 0.6) is 0 Å². The average Bonchev–Trinajstić information content (AvgIpc) is 3.56. The van der Waals surface area contributed by atoms with Gasteiger partial charge in [0.25, 0.3) is 0 Å². The number of imidazole rings is 1. The Labute approximate surface area is 199 Å². The quantitative estimate of drug-likeness (QED) is 0.413. The molecule has 6 nitrogen and oxygen atoms in total. The van der Waals surface area contributed by atoms with E-state index < -0.39 is 0 Å². The number of H-pyrrole nitrogens is 1. The van der Waals surface area contributed by atoms with E-state index in [0.717, 1.165) is 48.3 Å². The number of para-hydroxylation sites is 2. The number of hydrogen-bond donors (Lipinski definition) is 1. The molecule has 0 fully saturated rings. The lowest BCUT2D eigenvalue weighted by Gasteiger charge is -2.39. The van der Waals surface area contributed by atoms with Crippen LogP contribution >= 0.6 is 0 Å². The van der Waals surface area contributed by atoms with Crippen LogP contribution in [0.25, 0.3) is 11.0 Å². The van der Waals surface area contributed by atoms with Gasteiger partial charge in [-0.3, -0.25) is 9.88 Å². The zero-order chi connectivity index (χ0) is 22.7. The number of aryl methyl sites for hydroxylation is 1. The Morgan fingerprint density at radius 1 is 1.03 bits per heavy atom. The summed E-state index contributed by atoms with van der Waals surface area (Å²) >= 11 is 0.